The molecule has 0 aromatic carbocycles. The van der Waals surface area contributed by atoms with E-state index < -0.39 is 0 Å². The van der Waals surface area contributed by atoms with Crippen LogP contribution in [0.5, 0.6) is 0 Å². The van der Waals surface area contributed by atoms with Gasteiger partial charge >= 0.3 is 5.97 Å². The van der Waals surface area contributed by atoms with Crippen molar-refractivity contribution in [1.29, 1.82) is 0 Å². The quantitative estimate of drug-likeness (QED) is 0.427. The van der Waals surface area contributed by atoms with E-state index in [0.29, 0.717) is 6.42 Å². The van der Waals surface area contributed by atoms with Gasteiger partial charge in [-0.15, -0.1) is 0 Å². The molecular formula is C13H26O2. The van der Waals surface area contributed by atoms with E-state index in [0.717, 1.165) is 38.5 Å². The first-order valence-corrected chi connectivity index (χ1v) is 6.44. The molecular weight excluding hydrogens is 188 g/mol. The summed E-state index contributed by atoms with van der Waals surface area (Å²) in [5.41, 5.74) is 0. The molecule has 0 aliphatic rings. The normalized spacial score (nSPS) is 12.5. The lowest BCUT2D eigenvalue weighted by Gasteiger charge is -2.15. The van der Waals surface area contributed by atoms with Crippen molar-refractivity contribution < 1.29 is 9.53 Å². The van der Waals surface area contributed by atoms with Crippen LogP contribution < -0.4 is 0 Å². The number of rotatable bonds is 9. The standard InChI is InChI=1S/C13H26O2/c1-4-7-9-11-13(14)15-12(6-3)10-8-5-2/h12H,4-11H2,1-3H3. The zero-order valence-corrected chi connectivity index (χ0v) is 10.6. The van der Waals surface area contributed by atoms with Crippen LogP contribution in [0.15, 0.2) is 0 Å². The molecule has 0 saturated heterocycles. The number of hydrogen-bond acceptors (Lipinski definition) is 2. The van der Waals surface area contributed by atoms with Crippen molar-refractivity contribution in [1.82, 2.24) is 0 Å². The lowest BCUT2D eigenvalue weighted by molar-refractivity contribution is -0.149. The van der Waals surface area contributed by atoms with Crippen LogP contribution in [-0.4, -0.2) is 12.1 Å². The van der Waals surface area contributed by atoms with Crippen LogP contribution in [0.25, 0.3) is 0 Å². The van der Waals surface area contributed by atoms with Gasteiger partial charge in [-0.3, -0.25) is 4.79 Å². The Morgan fingerprint density at radius 2 is 1.73 bits per heavy atom. The predicted molar refractivity (Wildman–Crippen MR) is 63.8 cm³/mol. The molecule has 0 aromatic rings. The van der Waals surface area contributed by atoms with Gasteiger partial charge in [0.25, 0.3) is 0 Å². The zero-order valence-electron chi connectivity index (χ0n) is 10.6. The summed E-state index contributed by atoms with van der Waals surface area (Å²) in [6.07, 6.45) is 8.28. The maximum absolute atomic E-state index is 11.4. The molecule has 0 radical (unpaired) electrons. The second-order valence-corrected chi connectivity index (χ2v) is 4.12. The Morgan fingerprint density at radius 3 is 2.27 bits per heavy atom. The maximum Gasteiger partial charge on any atom is 0.306 e. The number of esters is 1. The Balaban J connectivity index is 3.60. The van der Waals surface area contributed by atoms with E-state index in [1.54, 1.807) is 0 Å². The fourth-order valence-electron chi connectivity index (χ4n) is 1.54. The minimum atomic E-state index is -0.00796. The van der Waals surface area contributed by atoms with Gasteiger partial charge in [0.15, 0.2) is 0 Å². The van der Waals surface area contributed by atoms with E-state index in [4.69, 9.17) is 4.74 Å². The molecule has 90 valence electrons. The molecule has 0 spiro atoms. The Hall–Kier alpha value is -0.530. The van der Waals surface area contributed by atoms with Crippen molar-refractivity contribution in [3.63, 3.8) is 0 Å². The van der Waals surface area contributed by atoms with Gasteiger partial charge in [-0.25, -0.2) is 0 Å². The van der Waals surface area contributed by atoms with Crippen molar-refractivity contribution in [2.75, 3.05) is 0 Å². The van der Waals surface area contributed by atoms with Gasteiger partial charge < -0.3 is 4.74 Å². The smallest absolute Gasteiger partial charge is 0.306 e. The van der Waals surface area contributed by atoms with Gasteiger partial charge in [0, 0.05) is 6.42 Å². The minimum Gasteiger partial charge on any atom is -0.462 e. The molecule has 0 bridgehead atoms. The van der Waals surface area contributed by atoms with Crippen molar-refractivity contribution in [2.45, 2.75) is 78.2 Å². The molecule has 0 N–H and O–H groups in total. The van der Waals surface area contributed by atoms with Crippen LogP contribution in [-0.2, 0) is 9.53 Å². The molecule has 2 nitrogen and oxygen atoms in total. The Morgan fingerprint density at radius 1 is 1.07 bits per heavy atom. The topological polar surface area (TPSA) is 26.3 Å². The number of unbranched alkanes of at least 4 members (excludes halogenated alkanes) is 3. The van der Waals surface area contributed by atoms with Crippen LogP contribution in [0.2, 0.25) is 0 Å². The molecule has 0 rings (SSSR count). The van der Waals surface area contributed by atoms with Crippen molar-refractivity contribution in [3.05, 3.63) is 0 Å². The van der Waals surface area contributed by atoms with Crippen LogP contribution >= 0.6 is 0 Å². The predicted octanol–water partition coefficient (Wildman–Crippen LogP) is 4.08. The van der Waals surface area contributed by atoms with Crippen LogP contribution in [0.1, 0.15) is 72.1 Å². The second kappa shape index (κ2) is 10.0. The highest BCUT2D eigenvalue weighted by molar-refractivity contribution is 5.69. The van der Waals surface area contributed by atoms with Crippen LogP contribution in [0.3, 0.4) is 0 Å². The molecule has 0 aliphatic carbocycles. The summed E-state index contributed by atoms with van der Waals surface area (Å²) in [7, 11) is 0. The Labute approximate surface area is 94.4 Å². The molecule has 0 amide bonds. The SMILES string of the molecule is CCCCCC(=O)OC(CC)CCCC. The maximum atomic E-state index is 11.4. The van der Waals surface area contributed by atoms with Crippen LogP contribution in [0.4, 0.5) is 0 Å². The van der Waals surface area contributed by atoms with E-state index >= 15 is 0 Å². The second-order valence-electron chi connectivity index (χ2n) is 4.12. The largest absolute Gasteiger partial charge is 0.462 e. The highest BCUT2D eigenvalue weighted by Crippen LogP contribution is 2.10. The van der Waals surface area contributed by atoms with Gasteiger partial charge in [-0.2, -0.15) is 0 Å². The van der Waals surface area contributed by atoms with E-state index in [9.17, 15) is 4.79 Å². The minimum absolute atomic E-state index is 0.00796. The van der Waals surface area contributed by atoms with E-state index in [2.05, 4.69) is 20.8 Å². The lowest BCUT2D eigenvalue weighted by atomic mass is 10.1. The van der Waals surface area contributed by atoms with Crippen molar-refractivity contribution in [2.24, 2.45) is 0 Å². The summed E-state index contributed by atoms with van der Waals surface area (Å²) in [6.45, 7) is 6.39. The van der Waals surface area contributed by atoms with E-state index in [1.165, 1.54) is 6.42 Å². The highest BCUT2D eigenvalue weighted by Gasteiger charge is 2.11. The van der Waals surface area contributed by atoms with E-state index in [-0.39, 0.29) is 12.1 Å². The zero-order chi connectivity index (χ0) is 11.5. The average Bonchev–Trinajstić information content (AvgIpc) is 2.24. The molecule has 0 fully saturated rings. The fourth-order valence-corrected chi connectivity index (χ4v) is 1.54. The first-order chi connectivity index (χ1) is 7.24. The lowest BCUT2D eigenvalue weighted by Crippen LogP contribution is -2.17. The highest BCUT2D eigenvalue weighted by atomic mass is 16.5. The monoisotopic (exact) mass is 214 g/mol. The third-order valence-electron chi connectivity index (χ3n) is 2.62. The average molecular weight is 214 g/mol. The first-order valence-electron chi connectivity index (χ1n) is 6.44. The molecule has 15 heavy (non-hydrogen) atoms. The summed E-state index contributed by atoms with van der Waals surface area (Å²) in [4.78, 5) is 11.4. The van der Waals surface area contributed by atoms with Gasteiger partial charge in [-0.05, 0) is 19.3 Å². The van der Waals surface area contributed by atoms with Crippen molar-refractivity contribution >= 4 is 5.97 Å². The number of carbonyl (C=O) groups is 1. The summed E-state index contributed by atoms with van der Waals surface area (Å²) in [6, 6.07) is 0. The summed E-state index contributed by atoms with van der Waals surface area (Å²) in [5.74, 6) is -0.00796. The molecule has 0 saturated carbocycles. The molecule has 0 heterocycles. The Bertz CT molecular complexity index is 155. The molecule has 0 aromatic heterocycles. The number of carbonyl (C=O) groups excluding carboxylic acids is 1. The molecule has 1 atom stereocenters. The van der Waals surface area contributed by atoms with E-state index in [1.807, 2.05) is 0 Å². The van der Waals surface area contributed by atoms with Gasteiger partial charge in [0.1, 0.15) is 6.10 Å². The molecule has 0 aliphatic heterocycles. The van der Waals surface area contributed by atoms with Crippen molar-refractivity contribution in [3.8, 4) is 0 Å². The third kappa shape index (κ3) is 8.46. The number of hydrogen-bond donors (Lipinski definition) is 0. The summed E-state index contributed by atoms with van der Waals surface area (Å²) >= 11 is 0. The van der Waals surface area contributed by atoms with Crippen LogP contribution in [0, 0.1) is 0 Å². The summed E-state index contributed by atoms with van der Waals surface area (Å²) < 4.78 is 5.41. The summed E-state index contributed by atoms with van der Waals surface area (Å²) in [5, 5.41) is 0. The number of ether oxygens (including phenoxy) is 1. The van der Waals surface area contributed by atoms with Gasteiger partial charge in [0.2, 0.25) is 0 Å². The van der Waals surface area contributed by atoms with Gasteiger partial charge in [0.05, 0.1) is 0 Å². The molecule has 2 heteroatoms. The Kier molecular flexibility index (Phi) is 9.65. The fraction of sp³-hybridized carbons (Fsp3) is 0.923. The molecule has 1 unspecified atom stereocenters. The third-order valence-corrected chi connectivity index (χ3v) is 2.62. The van der Waals surface area contributed by atoms with Gasteiger partial charge in [-0.1, -0.05) is 46.5 Å². The first kappa shape index (κ1) is 14.5.